The van der Waals surface area contributed by atoms with Crippen LogP contribution in [0.3, 0.4) is 0 Å². The number of methoxy groups -OCH3 is 1. The van der Waals surface area contributed by atoms with Gasteiger partial charge >= 0.3 is 0 Å². The maximum absolute atomic E-state index is 13.5. The molecule has 0 bridgehead atoms. The second kappa shape index (κ2) is 10.7. The predicted molar refractivity (Wildman–Crippen MR) is 146 cm³/mol. The molecular formula is C27H23BrClN5O3. The Kier molecular flexibility index (Phi) is 7.16. The van der Waals surface area contributed by atoms with Crippen molar-refractivity contribution in [2.75, 3.05) is 17.7 Å². The van der Waals surface area contributed by atoms with Crippen LogP contribution in [0.1, 0.15) is 24.1 Å². The van der Waals surface area contributed by atoms with E-state index in [1.54, 1.807) is 11.8 Å². The SMILES string of the molecule is COc1cc([C@H]2C(C(=O)Nc3ccccc3)=C(C)Nc3ncnn32)cc(Br)c1OCc1ccccc1Cl. The number of hydrogen-bond donors (Lipinski definition) is 2. The van der Waals surface area contributed by atoms with E-state index in [2.05, 4.69) is 36.6 Å². The van der Waals surface area contributed by atoms with E-state index in [-0.39, 0.29) is 12.5 Å². The molecule has 3 aromatic carbocycles. The molecule has 1 aliphatic rings. The Hall–Kier alpha value is -3.82. The summed E-state index contributed by atoms with van der Waals surface area (Å²) in [4.78, 5) is 17.8. The van der Waals surface area contributed by atoms with Crippen molar-refractivity contribution < 1.29 is 14.3 Å². The quantitative estimate of drug-likeness (QED) is 0.270. The van der Waals surface area contributed by atoms with Crippen molar-refractivity contribution >= 4 is 45.1 Å². The van der Waals surface area contributed by atoms with Crippen molar-refractivity contribution in [1.29, 1.82) is 0 Å². The minimum absolute atomic E-state index is 0.253. The number of hydrogen-bond acceptors (Lipinski definition) is 6. The molecule has 0 unspecified atom stereocenters. The first kappa shape index (κ1) is 24.9. The summed E-state index contributed by atoms with van der Waals surface area (Å²) in [6, 6.07) is 20.0. The van der Waals surface area contributed by atoms with E-state index >= 15 is 0 Å². The number of aromatic nitrogens is 3. The zero-order valence-corrected chi connectivity index (χ0v) is 22.4. The highest BCUT2D eigenvalue weighted by atomic mass is 79.9. The number of nitrogens with zero attached hydrogens (tertiary/aromatic N) is 3. The Morgan fingerprint density at radius 1 is 1.16 bits per heavy atom. The van der Waals surface area contributed by atoms with Gasteiger partial charge in [-0.2, -0.15) is 10.1 Å². The van der Waals surface area contributed by atoms with Gasteiger partial charge in [0.05, 0.1) is 17.2 Å². The lowest BCUT2D eigenvalue weighted by atomic mass is 9.94. The van der Waals surface area contributed by atoms with Gasteiger partial charge in [0.1, 0.15) is 19.0 Å². The van der Waals surface area contributed by atoms with Gasteiger partial charge in [0.15, 0.2) is 11.5 Å². The molecule has 0 aliphatic carbocycles. The molecular weight excluding hydrogens is 558 g/mol. The fraction of sp³-hybridized carbons (Fsp3) is 0.148. The maximum atomic E-state index is 13.5. The molecule has 37 heavy (non-hydrogen) atoms. The van der Waals surface area contributed by atoms with Crippen LogP contribution in [0.5, 0.6) is 11.5 Å². The molecule has 1 aliphatic heterocycles. The summed E-state index contributed by atoms with van der Waals surface area (Å²) < 4.78 is 14.1. The average Bonchev–Trinajstić information content (AvgIpc) is 3.36. The highest BCUT2D eigenvalue weighted by molar-refractivity contribution is 9.10. The second-order valence-electron chi connectivity index (χ2n) is 8.33. The molecule has 0 spiro atoms. The molecule has 0 radical (unpaired) electrons. The van der Waals surface area contributed by atoms with Gasteiger partial charge < -0.3 is 20.1 Å². The number of allylic oxidation sites excluding steroid dienone is 1. The zero-order chi connectivity index (χ0) is 25.9. The van der Waals surface area contributed by atoms with Crippen LogP contribution in [0.4, 0.5) is 11.6 Å². The number of ether oxygens (including phenoxy) is 2. The first-order valence-electron chi connectivity index (χ1n) is 11.4. The van der Waals surface area contributed by atoms with E-state index < -0.39 is 6.04 Å². The topological polar surface area (TPSA) is 90.3 Å². The van der Waals surface area contributed by atoms with E-state index in [1.165, 1.54) is 6.33 Å². The number of rotatable bonds is 7. The number of fused-ring (bicyclic) bond motifs is 1. The van der Waals surface area contributed by atoms with E-state index in [4.69, 9.17) is 21.1 Å². The molecule has 1 aromatic heterocycles. The summed E-state index contributed by atoms with van der Waals surface area (Å²) in [5.74, 6) is 1.30. The number of benzene rings is 3. The van der Waals surface area contributed by atoms with Crippen LogP contribution < -0.4 is 20.1 Å². The molecule has 1 atom stereocenters. The smallest absolute Gasteiger partial charge is 0.255 e. The summed E-state index contributed by atoms with van der Waals surface area (Å²) in [6.07, 6.45) is 1.45. The summed E-state index contributed by atoms with van der Waals surface area (Å²) in [5, 5.41) is 11.2. The molecule has 10 heteroatoms. The summed E-state index contributed by atoms with van der Waals surface area (Å²) in [7, 11) is 1.57. The number of anilines is 2. The van der Waals surface area contributed by atoms with Crippen molar-refractivity contribution in [3.05, 3.63) is 105 Å². The number of para-hydroxylation sites is 1. The Labute approximate surface area is 227 Å². The molecule has 0 saturated heterocycles. The molecule has 5 rings (SSSR count). The van der Waals surface area contributed by atoms with Crippen LogP contribution in [0.15, 0.2) is 88.8 Å². The van der Waals surface area contributed by atoms with E-state index in [0.29, 0.717) is 43.9 Å². The lowest BCUT2D eigenvalue weighted by Crippen LogP contribution is -2.31. The Balaban J connectivity index is 1.52. The normalized spacial score (nSPS) is 14.5. The fourth-order valence-electron chi connectivity index (χ4n) is 4.22. The average molecular weight is 581 g/mol. The van der Waals surface area contributed by atoms with Gasteiger partial charge in [-0.05, 0) is 58.7 Å². The van der Waals surface area contributed by atoms with E-state index in [1.807, 2.05) is 73.7 Å². The van der Waals surface area contributed by atoms with Crippen LogP contribution in [0.2, 0.25) is 5.02 Å². The number of carbonyl (C=O) groups excluding carboxylic acids is 1. The molecule has 0 fully saturated rings. The third-order valence-electron chi connectivity index (χ3n) is 5.97. The first-order chi connectivity index (χ1) is 18.0. The second-order valence-corrected chi connectivity index (χ2v) is 9.59. The summed E-state index contributed by atoms with van der Waals surface area (Å²) >= 11 is 9.94. The molecule has 4 aromatic rings. The maximum Gasteiger partial charge on any atom is 0.255 e. The lowest BCUT2D eigenvalue weighted by Gasteiger charge is -2.29. The minimum atomic E-state index is -0.565. The van der Waals surface area contributed by atoms with Gasteiger partial charge in [0.25, 0.3) is 5.91 Å². The monoisotopic (exact) mass is 579 g/mol. The number of nitrogens with one attached hydrogen (secondary N) is 2. The van der Waals surface area contributed by atoms with Crippen LogP contribution in [0.25, 0.3) is 0 Å². The van der Waals surface area contributed by atoms with Crippen LogP contribution in [0, 0.1) is 0 Å². The molecule has 188 valence electrons. The van der Waals surface area contributed by atoms with Crippen molar-refractivity contribution in [3.63, 3.8) is 0 Å². The highest BCUT2D eigenvalue weighted by Gasteiger charge is 2.34. The molecule has 8 nitrogen and oxygen atoms in total. The summed E-state index contributed by atoms with van der Waals surface area (Å²) in [5.41, 5.74) is 3.48. The highest BCUT2D eigenvalue weighted by Crippen LogP contribution is 2.43. The van der Waals surface area contributed by atoms with Crippen LogP contribution in [-0.2, 0) is 11.4 Å². The van der Waals surface area contributed by atoms with E-state index in [0.717, 1.165) is 11.1 Å². The Morgan fingerprint density at radius 2 is 1.92 bits per heavy atom. The number of halogens is 2. The number of carbonyl (C=O) groups is 1. The van der Waals surface area contributed by atoms with Crippen molar-refractivity contribution in [2.24, 2.45) is 0 Å². The Morgan fingerprint density at radius 3 is 2.68 bits per heavy atom. The Bertz CT molecular complexity index is 1490. The van der Waals surface area contributed by atoms with Gasteiger partial charge in [-0.15, -0.1) is 0 Å². The van der Waals surface area contributed by atoms with Gasteiger partial charge in [0.2, 0.25) is 5.95 Å². The zero-order valence-electron chi connectivity index (χ0n) is 20.0. The van der Waals surface area contributed by atoms with Gasteiger partial charge in [-0.25, -0.2) is 4.68 Å². The molecule has 2 heterocycles. The molecule has 2 N–H and O–H groups in total. The largest absolute Gasteiger partial charge is 0.493 e. The minimum Gasteiger partial charge on any atom is -0.493 e. The number of amides is 1. The first-order valence-corrected chi connectivity index (χ1v) is 12.6. The third kappa shape index (κ3) is 5.05. The fourth-order valence-corrected chi connectivity index (χ4v) is 4.98. The van der Waals surface area contributed by atoms with Crippen LogP contribution in [-0.4, -0.2) is 27.8 Å². The molecule has 1 amide bonds. The van der Waals surface area contributed by atoms with Crippen LogP contribution >= 0.6 is 27.5 Å². The third-order valence-corrected chi connectivity index (χ3v) is 6.93. The van der Waals surface area contributed by atoms with Crippen molar-refractivity contribution in [1.82, 2.24) is 14.8 Å². The van der Waals surface area contributed by atoms with Gasteiger partial charge in [-0.1, -0.05) is 48.0 Å². The lowest BCUT2D eigenvalue weighted by molar-refractivity contribution is -0.113. The van der Waals surface area contributed by atoms with E-state index in [9.17, 15) is 4.79 Å². The van der Waals surface area contributed by atoms with Gasteiger partial charge in [0, 0.05) is 22.0 Å². The predicted octanol–water partition coefficient (Wildman–Crippen LogP) is 6.21. The van der Waals surface area contributed by atoms with Gasteiger partial charge in [-0.3, -0.25) is 4.79 Å². The standard InChI is InChI=1S/C27H23BrClN5O3/c1-16-23(26(35)33-19-9-4-3-5-10-19)24(34-27(32-16)30-15-31-34)18-12-20(28)25(22(13-18)36-2)37-14-17-8-6-7-11-21(17)29/h3-13,15,24H,14H2,1-2H3,(H,33,35)(H,30,31,32)/t24-/m0/s1. The summed E-state index contributed by atoms with van der Waals surface area (Å²) in [6.45, 7) is 2.11. The van der Waals surface area contributed by atoms with Crippen molar-refractivity contribution in [2.45, 2.75) is 19.6 Å². The molecule has 0 saturated carbocycles. The van der Waals surface area contributed by atoms with Crippen molar-refractivity contribution in [3.8, 4) is 11.5 Å².